The Labute approximate surface area is 213 Å². The summed E-state index contributed by atoms with van der Waals surface area (Å²) in [4.78, 5) is 29.6. The largest absolute Gasteiger partial charge is 0.480 e. The van der Waals surface area contributed by atoms with Gasteiger partial charge in [0.2, 0.25) is 10.0 Å². The van der Waals surface area contributed by atoms with Crippen molar-refractivity contribution in [3.05, 3.63) is 70.1 Å². The molecule has 190 valence electrons. The van der Waals surface area contributed by atoms with E-state index in [9.17, 15) is 23.1 Å². The molecule has 0 aliphatic heterocycles. The number of aryl methyl sites for hydroxylation is 3. The molecule has 7 N–H and O–H groups in total. The lowest BCUT2D eigenvalue weighted by molar-refractivity contribution is -0.138. The third-order valence-electron chi connectivity index (χ3n) is 5.15. The fourth-order valence-electron chi connectivity index (χ4n) is 3.79. The summed E-state index contributed by atoms with van der Waals surface area (Å²) in [7, 11) is -4.15. The van der Waals surface area contributed by atoms with Crippen LogP contribution in [0.5, 0.6) is 0 Å². The molecule has 0 unspecified atom stereocenters. The van der Waals surface area contributed by atoms with Crippen LogP contribution in [0.1, 0.15) is 26.4 Å². The molecule has 0 saturated heterocycles. The second kappa shape index (κ2) is 10.9. The highest BCUT2D eigenvalue weighted by Crippen LogP contribution is 2.30. The lowest BCUT2D eigenvalue weighted by atomic mass is 10.1. The Hall–Kier alpha value is -3.74. The summed E-state index contributed by atoms with van der Waals surface area (Å²) in [5.74, 6) is -2.01. The minimum absolute atomic E-state index is 0.0246. The SMILES string of the molecule is Cc1cc(C)c(S(=O)(=O)N[C@@H](CNC(=O)c2ccc(-c3cccc(N=C(N)N)c3)s2)C(=O)O)c(C)c1. The zero-order valence-corrected chi connectivity index (χ0v) is 21.5. The van der Waals surface area contributed by atoms with Crippen LogP contribution >= 0.6 is 11.3 Å². The molecule has 0 spiro atoms. The highest BCUT2D eigenvalue weighted by atomic mass is 32.2. The van der Waals surface area contributed by atoms with Crippen molar-refractivity contribution in [2.24, 2.45) is 16.5 Å². The van der Waals surface area contributed by atoms with Gasteiger partial charge >= 0.3 is 5.97 Å². The Bertz CT molecular complexity index is 1420. The first kappa shape index (κ1) is 26.9. The van der Waals surface area contributed by atoms with Crippen LogP contribution < -0.4 is 21.5 Å². The topological polar surface area (TPSA) is 177 Å². The number of hydrogen-bond acceptors (Lipinski definition) is 6. The summed E-state index contributed by atoms with van der Waals surface area (Å²) in [6.07, 6.45) is 0. The molecule has 2 aromatic carbocycles. The Morgan fingerprint density at radius 3 is 2.33 bits per heavy atom. The van der Waals surface area contributed by atoms with Crippen molar-refractivity contribution >= 4 is 44.9 Å². The van der Waals surface area contributed by atoms with Crippen molar-refractivity contribution in [1.29, 1.82) is 0 Å². The van der Waals surface area contributed by atoms with Gasteiger partial charge in [0.1, 0.15) is 6.04 Å². The average Bonchev–Trinajstić information content (AvgIpc) is 3.25. The van der Waals surface area contributed by atoms with E-state index in [0.29, 0.717) is 21.7 Å². The molecule has 0 fully saturated rings. The zero-order valence-electron chi connectivity index (χ0n) is 19.9. The van der Waals surface area contributed by atoms with Crippen molar-refractivity contribution in [2.75, 3.05) is 6.54 Å². The Kier molecular flexibility index (Phi) is 8.13. The molecule has 0 radical (unpaired) electrons. The van der Waals surface area contributed by atoms with Crippen LogP contribution in [0, 0.1) is 20.8 Å². The number of rotatable bonds is 9. The molecule has 0 saturated carbocycles. The standard InChI is InChI=1S/C24H27N5O5S2/c1-13-9-14(2)21(15(3)10-13)36(33,34)29-18(23(31)32)12-27-22(30)20-8-7-19(35-20)16-5-4-6-17(11-16)28-24(25)26/h4-11,18,29H,12H2,1-3H3,(H,27,30)(H,31,32)(H4,25,26,28)/t18-/m0/s1. The summed E-state index contributed by atoms with van der Waals surface area (Å²) in [6.45, 7) is 4.70. The Balaban J connectivity index is 1.73. The van der Waals surface area contributed by atoms with Crippen LogP contribution in [0.25, 0.3) is 10.4 Å². The van der Waals surface area contributed by atoms with Gasteiger partial charge in [0.15, 0.2) is 5.96 Å². The normalized spacial score (nSPS) is 12.1. The van der Waals surface area contributed by atoms with Gasteiger partial charge in [0.25, 0.3) is 5.91 Å². The van der Waals surface area contributed by atoms with Gasteiger partial charge in [0, 0.05) is 11.4 Å². The van der Waals surface area contributed by atoms with Crippen LogP contribution in [0.2, 0.25) is 0 Å². The first-order valence-electron chi connectivity index (χ1n) is 10.8. The predicted octanol–water partition coefficient (Wildman–Crippen LogP) is 2.41. The number of carboxylic acids is 1. The van der Waals surface area contributed by atoms with Gasteiger partial charge in [-0.1, -0.05) is 29.8 Å². The number of nitrogens with zero attached hydrogens (tertiary/aromatic N) is 1. The average molecular weight is 530 g/mol. The van der Waals surface area contributed by atoms with Crippen molar-refractivity contribution < 1.29 is 23.1 Å². The Morgan fingerprint density at radius 2 is 1.72 bits per heavy atom. The van der Waals surface area contributed by atoms with E-state index < -0.39 is 34.5 Å². The molecule has 12 heteroatoms. The number of guanidine groups is 1. The minimum Gasteiger partial charge on any atom is -0.480 e. The van der Waals surface area contributed by atoms with Crippen molar-refractivity contribution in [3.63, 3.8) is 0 Å². The molecule has 1 aromatic heterocycles. The van der Waals surface area contributed by atoms with E-state index in [1.54, 1.807) is 56.3 Å². The van der Waals surface area contributed by atoms with Crippen molar-refractivity contribution in [2.45, 2.75) is 31.7 Å². The van der Waals surface area contributed by atoms with Crippen LogP contribution in [0.15, 0.2) is 58.4 Å². The maximum atomic E-state index is 13.0. The molecule has 1 atom stereocenters. The molecule has 3 aromatic rings. The molecule has 0 aliphatic rings. The maximum Gasteiger partial charge on any atom is 0.323 e. The fraction of sp³-hybridized carbons (Fsp3) is 0.208. The van der Waals surface area contributed by atoms with Gasteiger partial charge in [0.05, 0.1) is 15.5 Å². The lowest BCUT2D eigenvalue weighted by Gasteiger charge is -2.18. The first-order chi connectivity index (χ1) is 16.9. The number of benzene rings is 2. The summed E-state index contributed by atoms with van der Waals surface area (Å²) in [6, 6.07) is 12.3. The Morgan fingerprint density at radius 1 is 1.06 bits per heavy atom. The predicted molar refractivity (Wildman–Crippen MR) is 140 cm³/mol. The molecular weight excluding hydrogens is 502 g/mol. The van der Waals surface area contributed by atoms with E-state index in [2.05, 4.69) is 15.0 Å². The number of carbonyl (C=O) groups is 2. The van der Waals surface area contributed by atoms with Gasteiger partial charge < -0.3 is 21.9 Å². The van der Waals surface area contributed by atoms with Crippen LogP contribution in [-0.2, 0) is 14.8 Å². The molecule has 36 heavy (non-hydrogen) atoms. The van der Waals surface area contributed by atoms with E-state index in [1.165, 1.54) is 11.3 Å². The lowest BCUT2D eigenvalue weighted by Crippen LogP contribution is -2.48. The van der Waals surface area contributed by atoms with E-state index >= 15 is 0 Å². The van der Waals surface area contributed by atoms with E-state index in [4.69, 9.17) is 11.5 Å². The maximum absolute atomic E-state index is 13.0. The number of hydrogen-bond donors (Lipinski definition) is 5. The number of amides is 1. The van der Waals surface area contributed by atoms with Gasteiger partial charge in [-0.3, -0.25) is 9.59 Å². The second-order valence-corrected chi connectivity index (χ2v) is 10.9. The van der Waals surface area contributed by atoms with E-state index in [-0.39, 0.29) is 10.9 Å². The molecule has 0 bridgehead atoms. The molecular formula is C24H27N5O5S2. The van der Waals surface area contributed by atoms with Crippen molar-refractivity contribution in [1.82, 2.24) is 10.0 Å². The molecule has 1 amide bonds. The van der Waals surface area contributed by atoms with Crippen molar-refractivity contribution in [3.8, 4) is 10.4 Å². The van der Waals surface area contributed by atoms with E-state index in [1.807, 2.05) is 13.0 Å². The number of sulfonamides is 1. The van der Waals surface area contributed by atoms with Crippen LogP contribution in [-0.4, -0.2) is 43.9 Å². The fourth-order valence-corrected chi connectivity index (χ4v) is 6.35. The van der Waals surface area contributed by atoms with Crippen LogP contribution in [0.4, 0.5) is 5.69 Å². The number of thiophene rings is 1. The summed E-state index contributed by atoms with van der Waals surface area (Å²) >= 11 is 1.19. The molecule has 1 heterocycles. The quantitative estimate of drug-likeness (QED) is 0.209. The number of carbonyl (C=O) groups excluding carboxylic acids is 1. The summed E-state index contributed by atoms with van der Waals surface area (Å²) < 4.78 is 28.1. The van der Waals surface area contributed by atoms with E-state index in [0.717, 1.165) is 16.0 Å². The monoisotopic (exact) mass is 529 g/mol. The number of nitrogens with two attached hydrogens (primary N) is 2. The molecule has 10 nitrogen and oxygen atoms in total. The zero-order chi connectivity index (χ0) is 26.6. The first-order valence-corrected chi connectivity index (χ1v) is 13.1. The third kappa shape index (κ3) is 6.47. The number of nitrogens with one attached hydrogen (secondary N) is 2. The molecule has 0 aliphatic carbocycles. The third-order valence-corrected chi connectivity index (χ3v) is 8.06. The second-order valence-electron chi connectivity index (χ2n) is 8.20. The van der Waals surface area contributed by atoms with Gasteiger partial charge in [-0.2, -0.15) is 4.72 Å². The van der Waals surface area contributed by atoms with Gasteiger partial charge in [-0.15, -0.1) is 11.3 Å². The number of aliphatic carboxylic acids is 1. The van der Waals surface area contributed by atoms with Gasteiger partial charge in [-0.05, 0) is 61.7 Å². The van der Waals surface area contributed by atoms with Crippen LogP contribution in [0.3, 0.4) is 0 Å². The molecule has 3 rings (SSSR count). The summed E-state index contributed by atoms with van der Waals surface area (Å²) in [5, 5.41) is 12.1. The van der Waals surface area contributed by atoms with Gasteiger partial charge in [-0.25, -0.2) is 13.4 Å². The minimum atomic E-state index is -4.15. The summed E-state index contributed by atoms with van der Waals surface area (Å²) in [5.41, 5.74) is 14.1. The number of aliphatic imine (C=N–C) groups is 1. The highest BCUT2D eigenvalue weighted by molar-refractivity contribution is 7.89. The number of carboxylic acid groups (broad SMARTS) is 1. The smallest absolute Gasteiger partial charge is 0.323 e. The highest BCUT2D eigenvalue weighted by Gasteiger charge is 2.28.